The lowest BCUT2D eigenvalue weighted by atomic mass is 10.2. The smallest absolute Gasteiger partial charge is 0.184 e. The Hall–Kier alpha value is -1.42. The van der Waals surface area contributed by atoms with Gasteiger partial charge in [0.25, 0.3) is 0 Å². The molecule has 0 radical (unpaired) electrons. The Kier molecular flexibility index (Phi) is 3.19. The molecule has 0 saturated heterocycles. The highest BCUT2D eigenvalue weighted by Gasteiger charge is 2.12. The molecule has 3 nitrogen and oxygen atoms in total. The molecule has 2 aromatic rings. The van der Waals surface area contributed by atoms with Crippen LogP contribution in [0.1, 0.15) is 19.2 Å². The van der Waals surface area contributed by atoms with Crippen molar-refractivity contribution in [3.05, 3.63) is 34.9 Å². The molecule has 16 heavy (non-hydrogen) atoms. The van der Waals surface area contributed by atoms with Gasteiger partial charge in [-0.1, -0.05) is 24.6 Å². The summed E-state index contributed by atoms with van der Waals surface area (Å²) < 4.78 is 13.7. The minimum Gasteiger partial charge on any atom is -0.263 e. The molecule has 0 saturated carbocycles. The first-order chi connectivity index (χ1) is 7.72. The fourth-order valence-electron chi connectivity index (χ4n) is 1.44. The molecule has 0 aliphatic carbocycles. The summed E-state index contributed by atoms with van der Waals surface area (Å²) in [5, 5.41) is 6.84. The normalized spacial score (nSPS) is 10.7. The lowest BCUT2D eigenvalue weighted by Gasteiger charge is -1.98. The lowest BCUT2D eigenvalue weighted by Crippen LogP contribution is -1.88. The van der Waals surface area contributed by atoms with E-state index in [1.807, 2.05) is 6.92 Å². The first-order valence-corrected chi connectivity index (χ1v) is 5.46. The van der Waals surface area contributed by atoms with Gasteiger partial charge in [-0.3, -0.25) is 5.10 Å². The van der Waals surface area contributed by atoms with Crippen LogP contribution in [0, 0.1) is 5.82 Å². The highest BCUT2D eigenvalue weighted by Crippen LogP contribution is 2.24. The second kappa shape index (κ2) is 4.61. The molecule has 1 N–H and O–H groups in total. The van der Waals surface area contributed by atoms with Gasteiger partial charge >= 0.3 is 0 Å². The van der Waals surface area contributed by atoms with Crippen molar-refractivity contribution in [1.82, 2.24) is 15.2 Å². The van der Waals surface area contributed by atoms with Crippen molar-refractivity contribution in [3.8, 4) is 11.4 Å². The molecule has 0 fully saturated rings. The standard InChI is InChI=1S/C11H11ClFN3/c1-2-4-9-14-11(16-15-9)7-5-3-6-8(12)10(7)13/h3,5-6H,2,4H2,1H3,(H,14,15,16). The maximum Gasteiger partial charge on any atom is 0.184 e. The quantitative estimate of drug-likeness (QED) is 0.894. The SMILES string of the molecule is CCCc1nc(-c2cccc(Cl)c2F)n[nH]1. The van der Waals surface area contributed by atoms with Crippen molar-refractivity contribution >= 4 is 11.6 Å². The fraction of sp³-hybridized carbons (Fsp3) is 0.273. The number of benzene rings is 1. The van der Waals surface area contributed by atoms with Gasteiger partial charge < -0.3 is 0 Å². The van der Waals surface area contributed by atoms with Gasteiger partial charge in [-0.15, -0.1) is 0 Å². The van der Waals surface area contributed by atoms with Gasteiger partial charge in [0.05, 0.1) is 10.6 Å². The molecule has 1 aromatic carbocycles. The summed E-state index contributed by atoms with van der Waals surface area (Å²) >= 11 is 5.69. The second-order valence-corrected chi connectivity index (χ2v) is 3.86. The molecular formula is C11H11ClFN3. The molecule has 0 aliphatic rings. The summed E-state index contributed by atoms with van der Waals surface area (Å²) in [4.78, 5) is 4.21. The van der Waals surface area contributed by atoms with Crippen LogP contribution in [0.3, 0.4) is 0 Å². The number of halogens is 2. The minimum atomic E-state index is -0.480. The molecule has 1 aromatic heterocycles. The van der Waals surface area contributed by atoms with Crippen LogP contribution in [0.15, 0.2) is 18.2 Å². The van der Waals surface area contributed by atoms with E-state index in [0.29, 0.717) is 11.4 Å². The van der Waals surface area contributed by atoms with E-state index in [4.69, 9.17) is 11.6 Å². The van der Waals surface area contributed by atoms with E-state index in [1.165, 1.54) is 6.07 Å². The van der Waals surface area contributed by atoms with Gasteiger partial charge in [-0.05, 0) is 18.6 Å². The Morgan fingerprint density at radius 2 is 2.25 bits per heavy atom. The Bertz CT molecular complexity index is 496. The third kappa shape index (κ3) is 2.07. The largest absolute Gasteiger partial charge is 0.263 e. The highest BCUT2D eigenvalue weighted by atomic mass is 35.5. The molecule has 0 spiro atoms. The minimum absolute atomic E-state index is 0.0827. The summed E-state index contributed by atoms with van der Waals surface area (Å²) in [5.74, 6) is 0.631. The van der Waals surface area contributed by atoms with E-state index in [0.717, 1.165) is 18.7 Å². The van der Waals surface area contributed by atoms with E-state index in [2.05, 4.69) is 15.2 Å². The number of hydrogen-bond acceptors (Lipinski definition) is 2. The first-order valence-electron chi connectivity index (χ1n) is 5.08. The monoisotopic (exact) mass is 239 g/mol. The number of aromatic nitrogens is 3. The van der Waals surface area contributed by atoms with Gasteiger partial charge in [-0.25, -0.2) is 9.37 Å². The maximum absolute atomic E-state index is 13.7. The molecule has 0 atom stereocenters. The van der Waals surface area contributed by atoms with Crippen LogP contribution >= 0.6 is 11.6 Å². The number of nitrogens with zero attached hydrogens (tertiary/aromatic N) is 2. The molecule has 5 heteroatoms. The van der Waals surface area contributed by atoms with Crippen molar-refractivity contribution in [1.29, 1.82) is 0 Å². The molecular weight excluding hydrogens is 229 g/mol. The first kappa shape index (κ1) is 11.1. The lowest BCUT2D eigenvalue weighted by molar-refractivity contribution is 0.630. The Labute approximate surface area is 97.7 Å². The summed E-state index contributed by atoms with van der Waals surface area (Å²) in [7, 11) is 0. The average molecular weight is 240 g/mol. The molecule has 0 bridgehead atoms. The fourth-order valence-corrected chi connectivity index (χ4v) is 1.62. The van der Waals surface area contributed by atoms with Crippen molar-refractivity contribution in [3.63, 3.8) is 0 Å². The van der Waals surface area contributed by atoms with Crippen LogP contribution in [0.5, 0.6) is 0 Å². The molecule has 2 rings (SSSR count). The third-order valence-electron chi connectivity index (χ3n) is 2.21. The number of hydrogen-bond donors (Lipinski definition) is 1. The van der Waals surface area contributed by atoms with Gasteiger partial charge in [-0.2, -0.15) is 5.10 Å². The Morgan fingerprint density at radius 1 is 1.44 bits per heavy atom. The van der Waals surface area contributed by atoms with Crippen LogP contribution in [0.4, 0.5) is 4.39 Å². The summed E-state index contributed by atoms with van der Waals surface area (Å²) in [6.45, 7) is 2.04. The number of nitrogens with one attached hydrogen (secondary N) is 1. The third-order valence-corrected chi connectivity index (χ3v) is 2.50. The zero-order valence-electron chi connectivity index (χ0n) is 8.80. The molecule has 1 heterocycles. The van der Waals surface area contributed by atoms with Gasteiger partial charge in [0.15, 0.2) is 11.6 Å². The van der Waals surface area contributed by atoms with Crippen LogP contribution in [0.2, 0.25) is 5.02 Å². The van der Waals surface area contributed by atoms with E-state index < -0.39 is 5.82 Å². The molecule has 0 unspecified atom stereocenters. The zero-order chi connectivity index (χ0) is 11.5. The van der Waals surface area contributed by atoms with E-state index >= 15 is 0 Å². The average Bonchev–Trinajstić information content (AvgIpc) is 2.71. The topological polar surface area (TPSA) is 41.6 Å². The highest BCUT2D eigenvalue weighted by molar-refractivity contribution is 6.31. The van der Waals surface area contributed by atoms with Crippen molar-refractivity contribution in [2.75, 3.05) is 0 Å². The van der Waals surface area contributed by atoms with Gasteiger partial charge in [0.1, 0.15) is 5.82 Å². The predicted molar refractivity (Wildman–Crippen MR) is 60.8 cm³/mol. The molecule has 84 valence electrons. The van der Waals surface area contributed by atoms with Crippen molar-refractivity contribution in [2.45, 2.75) is 19.8 Å². The summed E-state index contributed by atoms with van der Waals surface area (Å²) in [5.41, 5.74) is 0.325. The number of aryl methyl sites for hydroxylation is 1. The van der Waals surface area contributed by atoms with E-state index in [9.17, 15) is 4.39 Å². The zero-order valence-corrected chi connectivity index (χ0v) is 9.55. The maximum atomic E-state index is 13.7. The molecule has 0 amide bonds. The second-order valence-electron chi connectivity index (χ2n) is 3.46. The Balaban J connectivity index is 2.39. The van der Waals surface area contributed by atoms with Crippen molar-refractivity contribution < 1.29 is 4.39 Å². The van der Waals surface area contributed by atoms with Crippen LogP contribution < -0.4 is 0 Å². The van der Waals surface area contributed by atoms with Crippen LogP contribution in [-0.4, -0.2) is 15.2 Å². The van der Waals surface area contributed by atoms with Crippen LogP contribution in [0.25, 0.3) is 11.4 Å². The van der Waals surface area contributed by atoms with E-state index in [1.54, 1.807) is 12.1 Å². The van der Waals surface area contributed by atoms with Gasteiger partial charge in [0, 0.05) is 6.42 Å². The van der Waals surface area contributed by atoms with E-state index in [-0.39, 0.29) is 5.02 Å². The number of aromatic amines is 1. The number of rotatable bonds is 3. The summed E-state index contributed by atoms with van der Waals surface area (Å²) in [6, 6.07) is 4.79. The molecule has 0 aliphatic heterocycles. The Morgan fingerprint density at radius 3 is 3.00 bits per heavy atom. The van der Waals surface area contributed by atoms with Crippen molar-refractivity contribution in [2.24, 2.45) is 0 Å². The predicted octanol–water partition coefficient (Wildman–Crippen LogP) is 3.22. The number of H-pyrrole nitrogens is 1. The summed E-state index contributed by atoms with van der Waals surface area (Å²) in [6.07, 6.45) is 1.77. The van der Waals surface area contributed by atoms with Gasteiger partial charge in [0.2, 0.25) is 0 Å². The van der Waals surface area contributed by atoms with Crippen LogP contribution in [-0.2, 0) is 6.42 Å².